The number of rotatable bonds is 4. The van der Waals surface area contributed by atoms with Crippen LogP contribution in [0.4, 0.5) is 5.95 Å². The van der Waals surface area contributed by atoms with Crippen molar-refractivity contribution in [2.45, 2.75) is 12.7 Å². The Morgan fingerprint density at radius 3 is 2.88 bits per heavy atom. The van der Waals surface area contributed by atoms with Crippen molar-refractivity contribution in [2.24, 2.45) is 0 Å². The van der Waals surface area contributed by atoms with E-state index in [0.29, 0.717) is 5.15 Å². The van der Waals surface area contributed by atoms with E-state index >= 15 is 0 Å². The fourth-order valence-electron chi connectivity index (χ4n) is 1.64. The highest BCUT2D eigenvalue weighted by Crippen LogP contribution is 2.18. The molecule has 0 spiro atoms. The molecule has 17 heavy (non-hydrogen) atoms. The standard InChI is InChI=1S/C11H16ClN3OS/c1-2-17-8-9-7-10(12)14-11(13-9)15-3-5-16-6-4-15/h7H,2-6,8H2,1H3. The Morgan fingerprint density at radius 2 is 2.18 bits per heavy atom. The van der Waals surface area contributed by atoms with Crippen LogP contribution in [-0.2, 0) is 10.5 Å². The monoisotopic (exact) mass is 273 g/mol. The molecule has 1 saturated heterocycles. The van der Waals surface area contributed by atoms with Crippen LogP contribution in [-0.4, -0.2) is 42.0 Å². The molecule has 1 aromatic heterocycles. The van der Waals surface area contributed by atoms with Gasteiger partial charge in [-0.2, -0.15) is 11.8 Å². The molecule has 2 heterocycles. The van der Waals surface area contributed by atoms with Crippen molar-refractivity contribution in [2.75, 3.05) is 37.0 Å². The van der Waals surface area contributed by atoms with E-state index in [-0.39, 0.29) is 0 Å². The summed E-state index contributed by atoms with van der Waals surface area (Å²) >= 11 is 7.86. The molecule has 0 bridgehead atoms. The van der Waals surface area contributed by atoms with Crippen LogP contribution in [0, 0.1) is 0 Å². The molecule has 0 atom stereocenters. The van der Waals surface area contributed by atoms with E-state index in [0.717, 1.165) is 49.5 Å². The summed E-state index contributed by atoms with van der Waals surface area (Å²) < 4.78 is 5.31. The largest absolute Gasteiger partial charge is 0.378 e. The second kappa shape index (κ2) is 6.42. The summed E-state index contributed by atoms with van der Waals surface area (Å²) in [6.07, 6.45) is 0. The summed E-state index contributed by atoms with van der Waals surface area (Å²) in [4.78, 5) is 11.0. The highest BCUT2D eigenvalue weighted by Gasteiger charge is 2.15. The quantitative estimate of drug-likeness (QED) is 0.787. The van der Waals surface area contributed by atoms with E-state index in [9.17, 15) is 0 Å². The third-order valence-electron chi connectivity index (χ3n) is 2.48. The Balaban J connectivity index is 2.12. The summed E-state index contributed by atoms with van der Waals surface area (Å²) in [6, 6.07) is 1.84. The van der Waals surface area contributed by atoms with Crippen LogP contribution in [0.1, 0.15) is 12.6 Å². The van der Waals surface area contributed by atoms with Crippen molar-refractivity contribution < 1.29 is 4.74 Å². The second-order valence-electron chi connectivity index (χ2n) is 3.72. The number of thioether (sulfide) groups is 1. The molecule has 0 aromatic carbocycles. The Bertz CT molecular complexity index is 372. The van der Waals surface area contributed by atoms with Gasteiger partial charge in [0.15, 0.2) is 0 Å². The highest BCUT2D eigenvalue weighted by molar-refractivity contribution is 7.98. The van der Waals surface area contributed by atoms with Gasteiger partial charge in [-0.15, -0.1) is 0 Å². The van der Waals surface area contributed by atoms with E-state index in [1.807, 2.05) is 17.8 Å². The SMILES string of the molecule is CCSCc1cc(Cl)nc(N2CCOCC2)n1. The Hall–Kier alpha value is -0.520. The van der Waals surface area contributed by atoms with Crippen LogP contribution < -0.4 is 4.90 Å². The number of hydrogen-bond donors (Lipinski definition) is 0. The third-order valence-corrected chi connectivity index (χ3v) is 3.59. The first kappa shape index (κ1) is 12.9. The van der Waals surface area contributed by atoms with Gasteiger partial charge in [-0.3, -0.25) is 0 Å². The van der Waals surface area contributed by atoms with Crippen LogP contribution in [0.25, 0.3) is 0 Å². The van der Waals surface area contributed by atoms with Crippen molar-refractivity contribution in [1.82, 2.24) is 9.97 Å². The molecule has 0 saturated carbocycles. The van der Waals surface area contributed by atoms with Crippen LogP contribution in [0.3, 0.4) is 0 Å². The lowest BCUT2D eigenvalue weighted by Crippen LogP contribution is -2.37. The summed E-state index contributed by atoms with van der Waals surface area (Å²) in [5.74, 6) is 2.69. The molecule has 4 nitrogen and oxygen atoms in total. The first-order valence-electron chi connectivity index (χ1n) is 5.73. The number of anilines is 1. The normalized spacial score (nSPS) is 16.2. The van der Waals surface area contributed by atoms with Gasteiger partial charge < -0.3 is 9.64 Å². The molecule has 1 aliphatic heterocycles. The molecule has 6 heteroatoms. The zero-order chi connectivity index (χ0) is 12.1. The highest BCUT2D eigenvalue weighted by atomic mass is 35.5. The first-order valence-corrected chi connectivity index (χ1v) is 7.26. The number of aromatic nitrogens is 2. The van der Waals surface area contributed by atoms with Gasteiger partial charge in [-0.1, -0.05) is 18.5 Å². The molecule has 0 aliphatic carbocycles. The van der Waals surface area contributed by atoms with Crippen LogP contribution in [0.2, 0.25) is 5.15 Å². The lowest BCUT2D eigenvalue weighted by molar-refractivity contribution is 0.122. The number of ether oxygens (including phenoxy) is 1. The number of hydrogen-bond acceptors (Lipinski definition) is 5. The Labute approximate surface area is 111 Å². The van der Waals surface area contributed by atoms with Gasteiger partial charge in [0.25, 0.3) is 0 Å². The van der Waals surface area contributed by atoms with E-state index in [4.69, 9.17) is 16.3 Å². The van der Waals surface area contributed by atoms with Crippen molar-refractivity contribution in [3.05, 3.63) is 16.9 Å². The van der Waals surface area contributed by atoms with Gasteiger partial charge in [0, 0.05) is 18.8 Å². The van der Waals surface area contributed by atoms with Crippen LogP contribution in [0.15, 0.2) is 6.07 Å². The third kappa shape index (κ3) is 3.72. The van der Waals surface area contributed by atoms with Crippen LogP contribution in [0.5, 0.6) is 0 Å². The predicted molar refractivity (Wildman–Crippen MR) is 71.9 cm³/mol. The fourth-order valence-corrected chi connectivity index (χ4v) is 2.40. The minimum atomic E-state index is 0.521. The summed E-state index contributed by atoms with van der Waals surface area (Å²) in [5.41, 5.74) is 0.998. The minimum Gasteiger partial charge on any atom is -0.378 e. The number of morpholine rings is 1. The smallest absolute Gasteiger partial charge is 0.227 e. The van der Waals surface area contributed by atoms with Gasteiger partial charge in [-0.25, -0.2) is 9.97 Å². The average molecular weight is 274 g/mol. The molecule has 1 fully saturated rings. The summed E-state index contributed by atoms with van der Waals surface area (Å²) in [6.45, 7) is 5.27. The van der Waals surface area contributed by atoms with Gasteiger partial charge in [0.2, 0.25) is 5.95 Å². The van der Waals surface area contributed by atoms with Gasteiger partial charge in [-0.05, 0) is 11.8 Å². The minimum absolute atomic E-state index is 0.521. The molecule has 0 unspecified atom stereocenters. The van der Waals surface area contributed by atoms with E-state index in [1.165, 1.54) is 0 Å². The fraction of sp³-hybridized carbons (Fsp3) is 0.636. The van der Waals surface area contributed by atoms with E-state index in [1.54, 1.807) is 0 Å². The Kier molecular flexibility index (Phi) is 4.88. The van der Waals surface area contributed by atoms with Gasteiger partial charge in [0.1, 0.15) is 5.15 Å². The van der Waals surface area contributed by atoms with Crippen molar-refractivity contribution in [3.63, 3.8) is 0 Å². The van der Waals surface area contributed by atoms with Gasteiger partial charge in [0.05, 0.1) is 18.9 Å². The second-order valence-corrected chi connectivity index (χ2v) is 5.38. The van der Waals surface area contributed by atoms with E-state index in [2.05, 4.69) is 21.8 Å². The maximum absolute atomic E-state index is 6.03. The van der Waals surface area contributed by atoms with Gasteiger partial charge >= 0.3 is 0 Å². The first-order chi connectivity index (χ1) is 8.29. The lowest BCUT2D eigenvalue weighted by Gasteiger charge is -2.27. The summed E-state index contributed by atoms with van der Waals surface area (Å²) in [7, 11) is 0. The molecule has 2 rings (SSSR count). The number of halogens is 1. The zero-order valence-corrected chi connectivity index (χ0v) is 11.4. The molecule has 0 radical (unpaired) electrons. The molecule has 1 aromatic rings. The lowest BCUT2D eigenvalue weighted by atomic mass is 10.4. The van der Waals surface area contributed by atoms with Crippen LogP contribution >= 0.6 is 23.4 Å². The summed E-state index contributed by atoms with van der Waals surface area (Å²) in [5, 5.41) is 0.521. The maximum atomic E-state index is 6.03. The average Bonchev–Trinajstić information content (AvgIpc) is 2.37. The van der Waals surface area contributed by atoms with Crippen molar-refractivity contribution in [3.8, 4) is 0 Å². The van der Waals surface area contributed by atoms with Crippen molar-refractivity contribution >= 4 is 29.3 Å². The molecule has 94 valence electrons. The zero-order valence-electron chi connectivity index (χ0n) is 9.86. The van der Waals surface area contributed by atoms with E-state index < -0.39 is 0 Å². The predicted octanol–water partition coefficient (Wildman–Crippen LogP) is 2.22. The maximum Gasteiger partial charge on any atom is 0.227 e. The molecule has 0 N–H and O–H groups in total. The molecule has 0 amide bonds. The Morgan fingerprint density at radius 1 is 1.41 bits per heavy atom. The number of nitrogens with zero attached hydrogens (tertiary/aromatic N) is 3. The molecule has 1 aliphatic rings. The van der Waals surface area contributed by atoms with Crippen molar-refractivity contribution in [1.29, 1.82) is 0 Å². The molecular weight excluding hydrogens is 258 g/mol. The topological polar surface area (TPSA) is 38.2 Å². The molecular formula is C11H16ClN3OS.